The molecule has 4 heteroatoms. The Morgan fingerprint density at radius 2 is 2.50 bits per heavy atom. The summed E-state index contributed by atoms with van der Waals surface area (Å²) in [5.74, 6) is 0. The quantitative estimate of drug-likeness (QED) is 0.839. The molecule has 14 heavy (non-hydrogen) atoms. The normalized spacial score (nSPS) is 10.4. The van der Waals surface area contributed by atoms with Gasteiger partial charge in [-0.15, -0.1) is 11.3 Å². The smallest absolute Gasteiger partial charge is 0.183 e. The minimum atomic E-state index is 0.771. The first-order valence-corrected chi connectivity index (χ1v) is 5.40. The monoisotopic (exact) mass is 208 g/mol. The Bertz CT molecular complexity index is 380. The van der Waals surface area contributed by atoms with Gasteiger partial charge in [-0.05, 0) is 12.5 Å². The number of aromatic nitrogens is 1. The van der Waals surface area contributed by atoms with Gasteiger partial charge in [0.15, 0.2) is 5.13 Å². The lowest BCUT2D eigenvalue weighted by molar-refractivity contribution is 0.564. The van der Waals surface area contributed by atoms with Crippen molar-refractivity contribution in [1.29, 1.82) is 0 Å². The minimum absolute atomic E-state index is 0.771. The lowest BCUT2D eigenvalue weighted by Gasteiger charge is -1.97. The fourth-order valence-corrected chi connectivity index (χ4v) is 1.87. The third-order valence-electron chi connectivity index (χ3n) is 1.93. The molecule has 0 aromatic carbocycles. The van der Waals surface area contributed by atoms with Crippen molar-refractivity contribution in [3.63, 3.8) is 0 Å². The predicted molar refractivity (Wildman–Crippen MR) is 57.5 cm³/mol. The van der Waals surface area contributed by atoms with Gasteiger partial charge < -0.3 is 9.73 Å². The highest BCUT2D eigenvalue weighted by Crippen LogP contribution is 2.18. The fraction of sp³-hybridized carbons (Fsp3) is 0.300. The molecule has 3 nitrogen and oxygen atoms in total. The molecule has 0 unspecified atom stereocenters. The second-order valence-electron chi connectivity index (χ2n) is 2.97. The van der Waals surface area contributed by atoms with Crippen LogP contribution in [0.5, 0.6) is 0 Å². The highest BCUT2D eigenvalue weighted by Gasteiger charge is 2.00. The van der Waals surface area contributed by atoms with Crippen molar-refractivity contribution in [3.8, 4) is 0 Å². The number of furan rings is 1. The van der Waals surface area contributed by atoms with Crippen molar-refractivity contribution in [2.75, 3.05) is 5.32 Å². The van der Waals surface area contributed by atoms with E-state index in [-0.39, 0.29) is 0 Å². The van der Waals surface area contributed by atoms with E-state index in [0.29, 0.717) is 0 Å². The van der Waals surface area contributed by atoms with Crippen LogP contribution in [0.3, 0.4) is 0 Å². The molecule has 2 rings (SSSR count). The topological polar surface area (TPSA) is 38.1 Å². The van der Waals surface area contributed by atoms with Crippen LogP contribution in [0.15, 0.2) is 29.2 Å². The van der Waals surface area contributed by atoms with E-state index in [1.165, 1.54) is 4.88 Å². The van der Waals surface area contributed by atoms with Gasteiger partial charge in [0, 0.05) is 23.2 Å². The fourth-order valence-electron chi connectivity index (χ4n) is 1.12. The first kappa shape index (κ1) is 9.27. The molecule has 0 fully saturated rings. The average molecular weight is 208 g/mol. The summed E-state index contributed by atoms with van der Waals surface area (Å²) in [7, 11) is 0. The maximum atomic E-state index is 4.97. The Hall–Kier alpha value is -1.29. The van der Waals surface area contributed by atoms with Gasteiger partial charge in [-0.2, -0.15) is 0 Å². The Balaban J connectivity index is 1.92. The predicted octanol–water partition coefficient (Wildman–Crippen LogP) is 2.91. The van der Waals surface area contributed by atoms with Crippen molar-refractivity contribution < 1.29 is 4.42 Å². The third-order valence-corrected chi connectivity index (χ3v) is 3.03. The molecule has 0 aliphatic rings. The molecule has 0 amide bonds. The molecule has 74 valence electrons. The highest BCUT2D eigenvalue weighted by molar-refractivity contribution is 7.15. The van der Waals surface area contributed by atoms with Crippen LogP contribution in [-0.2, 0) is 13.0 Å². The number of hydrogen-bond donors (Lipinski definition) is 1. The molecule has 0 radical (unpaired) electrons. The third kappa shape index (κ3) is 2.14. The lowest BCUT2D eigenvalue weighted by Crippen LogP contribution is -1.96. The summed E-state index contributed by atoms with van der Waals surface area (Å²) in [5.41, 5.74) is 1.14. The van der Waals surface area contributed by atoms with Gasteiger partial charge in [0.25, 0.3) is 0 Å². The van der Waals surface area contributed by atoms with Crippen LogP contribution in [0.4, 0.5) is 5.13 Å². The average Bonchev–Trinajstić information content (AvgIpc) is 2.86. The summed E-state index contributed by atoms with van der Waals surface area (Å²) < 4.78 is 4.97. The number of anilines is 1. The van der Waals surface area contributed by atoms with E-state index >= 15 is 0 Å². The zero-order chi connectivity index (χ0) is 9.80. The Labute approximate surface area is 86.8 Å². The van der Waals surface area contributed by atoms with E-state index in [1.54, 1.807) is 23.9 Å². The molecule has 2 aromatic rings. The van der Waals surface area contributed by atoms with Gasteiger partial charge in [0.2, 0.25) is 0 Å². The zero-order valence-electron chi connectivity index (χ0n) is 7.99. The number of thiazole rings is 1. The number of nitrogens with one attached hydrogen (secondary N) is 1. The summed E-state index contributed by atoms with van der Waals surface area (Å²) in [6.45, 7) is 2.90. The number of aryl methyl sites for hydroxylation is 1. The summed E-state index contributed by atoms with van der Waals surface area (Å²) in [5, 5.41) is 4.22. The van der Waals surface area contributed by atoms with Gasteiger partial charge in [-0.25, -0.2) is 4.98 Å². The highest BCUT2D eigenvalue weighted by atomic mass is 32.1. The van der Waals surface area contributed by atoms with Gasteiger partial charge >= 0.3 is 0 Å². The Morgan fingerprint density at radius 1 is 1.57 bits per heavy atom. The maximum Gasteiger partial charge on any atom is 0.183 e. The zero-order valence-corrected chi connectivity index (χ0v) is 8.80. The molecule has 0 saturated heterocycles. The molecule has 0 atom stereocenters. The van der Waals surface area contributed by atoms with Crippen LogP contribution in [0, 0.1) is 0 Å². The van der Waals surface area contributed by atoms with E-state index in [2.05, 4.69) is 17.2 Å². The van der Waals surface area contributed by atoms with Crippen LogP contribution < -0.4 is 5.32 Å². The molecule has 2 heterocycles. The molecule has 0 aliphatic heterocycles. The van der Waals surface area contributed by atoms with E-state index in [4.69, 9.17) is 4.42 Å². The van der Waals surface area contributed by atoms with Crippen molar-refractivity contribution in [1.82, 2.24) is 4.98 Å². The van der Waals surface area contributed by atoms with Gasteiger partial charge in [0.05, 0.1) is 12.5 Å². The van der Waals surface area contributed by atoms with Gasteiger partial charge in [0.1, 0.15) is 0 Å². The second kappa shape index (κ2) is 4.28. The summed E-state index contributed by atoms with van der Waals surface area (Å²) in [4.78, 5) is 5.57. The van der Waals surface area contributed by atoms with Gasteiger partial charge in [-0.1, -0.05) is 6.92 Å². The van der Waals surface area contributed by atoms with E-state index in [0.717, 1.165) is 23.7 Å². The summed E-state index contributed by atoms with van der Waals surface area (Å²) in [6, 6.07) is 1.95. The first-order valence-electron chi connectivity index (χ1n) is 4.58. The SMILES string of the molecule is CCc1cnc(NCc2ccoc2)s1. The van der Waals surface area contributed by atoms with Crippen molar-refractivity contribution >= 4 is 16.5 Å². The van der Waals surface area contributed by atoms with Crippen LogP contribution in [0.2, 0.25) is 0 Å². The first-order chi connectivity index (χ1) is 6.88. The largest absolute Gasteiger partial charge is 0.472 e. The van der Waals surface area contributed by atoms with Crippen molar-refractivity contribution in [2.45, 2.75) is 19.9 Å². The number of nitrogens with zero attached hydrogens (tertiary/aromatic N) is 1. The number of rotatable bonds is 4. The van der Waals surface area contributed by atoms with E-state index in [1.807, 2.05) is 12.3 Å². The molecular weight excluding hydrogens is 196 g/mol. The molecule has 0 spiro atoms. The Kier molecular flexibility index (Phi) is 2.84. The lowest BCUT2D eigenvalue weighted by atomic mass is 10.3. The molecule has 2 aromatic heterocycles. The van der Waals surface area contributed by atoms with Crippen LogP contribution in [0.1, 0.15) is 17.4 Å². The minimum Gasteiger partial charge on any atom is -0.472 e. The standard InChI is InChI=1S/C10H12N2OS/c1-2-9-6-12-10(14-9)11-5-8-3-4-13-7-8/h3-4,6-7H,2,5H2,1H3,(H,11,12). The second-order valence-corrected chi connectivity index (χ2v) is 4.09. The van der Waals surface area contributed by atoms with Crippen LogP contribution in [-0.4, -0.2) is 4.98 Å². The molecule has 1 N–H and O–H groups in total. The summed E-state index contributed by atoms with van der Waals surface area (Å²) >= 11 is 1.70. The van der Waals surface area contributed by atoms with Crippen LogP contribution >= 0.6 is 11.3 Å². The molecule has 0 saturated carbocycles. The van der Waals surface area contributed by atoms with E-state index in [9.17, 15) is 0 Å². The molecule has 0 aliphatic carbocycles. The van der Waals surface area contributed by atoms with Crippen molar-refractivity contribution in [2.24, 2.45) is 0 Å². The Morgan fingerprint density at radius 3 is 3.14 bits per heavy atom. The molecular formula is C10H12N2OS. The summed E-state index contributed by atoms with van der Waals surface area (Å²) in [6.07, 6.45) is 6.38. The van der Waals surface area contributed by atoms with Crippen LogP contribution in [0.25, 0.3) is 0 Å². The van der Waals surface area contributed by atoms with E-state index < -0.39 is 0 Å². The van der Waals surface area contributed by atoms with Crippen molar-refractivity contribution in [3.05, 3.63) is 35.2 Å². The van der Waals surface area contributed by atoms with Gasteiger partial charge in [-0.3, -0.25) is 0 Å². The number of hydrogen-bond acceptors (Lipinski definition) is 4. The molecule has 0 bridgehead atoms. The maximum absolute atomic E-state index is 4.97.